The van der Waals surface area contributed by atoms with Gasteiger partial charge < -0.3 is 15.5 Å². The zero-order valence-corrected chi connectivity index (χ0v) is 11.0. The molecule has 0 amide bonds. The van der Waals surface area contributed by atoms with Crippen molar-refractivity contribution in [1.29, 1.82) is 0 Å². The van der Waals surface area contributed by atoms with E-state index in [1.807, 2.05) is 49.4 Å². The van der Waals surface area contributed by atoms with Gasteiger partial charge in [-0.2, -0.15) is 0 Å². The predicted molar refractivity (Wildman–Crippen MR) is 75.8 cm³/mol. The van der Waals surface area contributed by atoms with Crippen LogP contribution in [0.2, 0.25) is 0 Å². The quantitative estimate of drug-likeness (QED) is 0.771. The van der Waals surface area contributed by atoms with Crippen LogP contribution in [0.4, 0.5) is 0 Å². The minimum atomic E-state index is -0.563. The molecule has 100 valence electrons. The lowest BCUT2D eigenvalue weighted by molar-refractivity contribution is 0.135. The van der Waals surface area contributed by atoms with Gasteiger partial charge in [-0.3, -0.25) is 0 Å². The van der Waals surface area contributed by atoms with Crippen molar-refractivity contribution in [3.05, 3.63) is 65.7 Å². The van der Waals surface area contributed by atoms with Crippen LogP contribution in [0.15, 0.2) is 54.6 Å². The Morgan fingerprint density at radius 3 is 2.32 bits per heavy atom. The molecule has 0 saturated heterocycles. The second-order valence-electron chi connectivity index (χ2n) is 4.65. The highest BCUT2D eigenvalue weighted by Crippen LogP contribution is 2.18. The Morgan fingerprint density at radius 1 is 1.00 bits per heavy atom. The number of aliphatic hydroxyl groups is 1. The summed E-state index contributed by atoms with van der Waals surface area (Å²) in [6.07, 6.45) is -0.563. The standard InChI is InChI=1S/C16H19NO2/c1-12(16(19)13-7-3-2-4-8-13)17-11-14-9-5-6-10-15(14)18/h2-10,12,16-19H,11H2,1H3. The molecule has 2 unspecified atom stereocenters. The number of benzene rings is 2. The largest absolute Gasteiger partial charge is 0.508 e. The van der Waals surface area contributed by atoms with Crippen LogP contribution in [0, 0.1) is 0 Å². The van der Waals surface area contributed by atoms with Crippen molar-refractivity contribution < 1.29 is 10.2 Å². The molecule has 0 bridgehead atoms. The number of aliphatic hydroxyl groups excluding tert-OH is 1. The second kappa shape index (κ2) is 6.36. The van der Waals surface area contributed by atoms with E-state index >= 15 is 0 Å². The first kappa shape index (κ1) is 13.6. The molecule has 0 spiro atoms. The molecule has 0 aliphatic carbocycles. The molecular weight excluding hydrogens is 238 g/mol. The SMILES string of the molecule is CC(NCc1ccccc1O)C(O)c1ccccc1. The summed E-state index contributed by atoms with van der Waals surface area (Å²) in [7, 11) is 0. The zero-order valence-electron chi connectivity index (χ0n) is 11.0. The van der Waals surface area contributed by atoms with Gasteiger partial charge in [0.2, 0.25) is 0 Å². The maximum atomic E-state index is 10.2. The van der Waals surface area contributed by atoms with Gasteiger partial charge in [0, 0.05) is 18.2 Å². The van der Waals surface area contributed by atoms with E-state index < -0.39 is 6.10 Å². The van der Waals surface area contributed by atoms with Crippen molar-refractivity contribution in [3.8, 4) is 5.75 Å². The molecule has 3 N–H and O–H groups in total. The molecule has 0 fully saturated rings. The third-order valence-corrected chi connectivity index (χ3v) is 3.22. The molecule has 0 radical (unpaired) electrons. The van der Waals surface area contributed by atoms with E-state index in [-0.39, 0.29) is 11.8 Å². The summed E-state index contributed by atoms with van der Waals surface area (Å²) in [6, 6.07) is 16.7. The van der Waals surface area contributed by atoms with Crippen molar-refractivity contribution >= 4 is 0 Å². The first-order valence-electron chi connectivity index (χ1n) is 6.41. The van der Waals surface area contributed by atoms with Crippen LogP contribution >= 0.6 is 0 Å². The van der Waals surface area contributed by atoms with Gasteiger partial charge in [0.1, 0.15) is 5.75 Å². The van der Waals surface area contributed by atoms with E-state index in [2.05, 4.69) is 5.32 Å². The Hall–Kier alpha value is -1.84. The number of phenols is 1. The fourth-order valence-electron chi connectivity index (χ4n) is 1.98. The number of phenolic OH excluding ortho intramolecular Hbond substituents is 1. The van der Waals surface area contributed by atoms with Crippen LogP contribution in [-0.4, -0.2) is 16.3 Å². The summed E-state index contributed by atoms with van der Waals surface area (Å²) in [6.45, 7) is 2.45. The molecule has 0 aromatic heterocycles. The van der Waals surface area contributed by atoms with Crippen LogP contribution in [0.1, 0.15) is 24.2 Å². The zero-order chi connectivity index (χ0) is 13.7. The van der Waals surface area contributed by atoms with Crippen molar-refractivity contribution in [2.45, 2.75) is 25.6 Å². The second-order valence-corrected chi connectivity index (χ2v) is 4.65. The Labute approximate surface area is 113 Å². The normalized spacial score (nSPS) is 14.0. The molecule has 0 heterocycles. The maximum Gasteiger partial charge on any atom is 0.120 e. The van der Waals surface area contributed by atoms with Gasteiger partial charge in [-0.05, 0) is 18.6 Å². The highest BCUT2D eigenvalue weighted by atomic mass is 16.3. The highest BCUT2D eigenvalue weighted by molar-refractivity contribution is 5.31. The van der Waals surface area contributed by atoms with Crippen molar-refractivity contribution in [2.75, 3.05) is 0 Å². The van der Waals surface area contributed by atoms with Gasteiger partial charge in [-0.1, -0.05) is 48.5 Å². The lowest BCUT2D eigenvalue weighted by atomic mass is 10.0. The van der Waals surface area contributed by atoms with E-state index in [0.717, 1.165) is 11.1 Å². The number of para-hydroxylation sites is 1. The molecule has 2 rings (SSSR count). The smallest absolute Gasteiger partial charge is 0.120 e. The monoisotopic (exact) mass is 257 g/mol. The number of hydrogen-bond donors (Lipinski definition) is 3. The lowest BCUT2D eigenvalue weighted by Gasteiger charge is -2.21. The molecule has 0 aliphatic rings. The summed E-state index contributed by atoms with van der Waals surface area (Å²) >= 11 is 0. The summed E-state index contributed by atoms with van der Waals surface area (Å²) in [5.74, 6) is 0.274. The van der Waals surface area contributed by atoms with Gasteiger partial charge in [0.05, 0.1) is 6.10 Å². The molecule has 0 aliphatic heterocycles. The molecule has 3 heteroatoms. The average molecular weight is 257 g/mol. The number of nitrogens with one attached hydrogen (secondary N) is 1. The topological polar surface area (TPSA) is 52.5 Å². The Bertz CT molecular complexity index is 513. The van der Waals surface area contributed by atoms with Crippen LogP contribution in [0.25, 0.3) is 0 Å². The third kappa shape index (κ3) is 3.56. The van der Waals surface area contributed by atoms with Crippen LogP contribution < -0.4 is 5.32 Å². The van der Waals surface area contributed by atoms with Crippen LogP contribution in [0.5, 0.6) is 5.75 Å². The molecule has 3 nitrogen and oxygen atoms in total. The third-order valence-electron chi connectivity index (χ3n) is 3.22. The van der Waals surface area contributed by atoms with Crippen molar-refractivity contribution in [2.24, 2.45) is 0 Å². The fraction of sp³-hybridized carbons (Fsp3) is 0.250. The summed E-state index contributed by atoms with van der Waals surface area (Å²) < 4.78 is 0. The first-order valence-corrected chi connectivity index (χ1v) is 6.41. The summed E-state index contributed by atoms with van der Waals surface area (Å²) in [5.41, 5.74) is 1.72. The molecule has 19 heavy (non-hydrogen) atoms. The van der Waals surface area contributed by atoms with E-state index in [1.54, 1.807) is 12.1 Å². The molecule has 0 saturated carbocycles. The molecule has 2 atom stereocenters. The summed E-state index contributed by atoms with van der Waals surface area (Å²) in [4.78, 5) is 0. The number of aromatic hydroxyl groups is 1. The lowest BCUT2D eigenvalue weighted by Crippen LogP contribution is -2.31. The Morgan fingerprint density at radius 2 is 1.63 bits per heavy atom. The Kier molecular flexibility index (Phi) is 4.55. The van der Waals surface area contributed by atoms with E-state index in [9.17, 15) is 10.2 Å². The van der Waals surface area contributed by atoms with Crippen LogP contribution in [-0.2, 0) is 6.54 Å². The molecule has 2 aromatic carbocycles. The number of rotatable bonds is 5. The average Bonchev–Trinajstić information content (AvgIpc) is 2.46. The van der Waals surface area contributed by atoms with Gasteiger partial charge in [-0.15, -0.1) is 0 Å². The highest BCUT2D eigenvalue weighted by Gasteiger charge is 2.15. The summed E-state index contributed by atoms with van der Waals surface area (Å²) in [5, 5.41) is 23.1. The number of hydrogen-bond acceptors (Lipinski definition) is 3. The predicted octanol–water partition coefficient (Wildman–Crippen LogP) is 2.60. The van der Waals surface area contributed by atoms with Crippen LogP contribution in [0.3, 0.4) is 0 Å². The van der Waals surface area contributed by atoms with Gasteiger partial charge in [0.25, 0.3) is 0 Å². The first-order chi connectivity index (χ1) is 9.18. The molecule has 2 aromatic rings. The van der Waals surface area contributed by atoms with Crippen molar-refractivity contribution in [3.63, 3.8) is 0 Å². The minimum absolute atomic E-state index is 0.0954. The fourth-order valence-corrected chi connectivity index (χ4v) is 1.98. The van der Waals surface area contributed by atoms with Gasteiger partial charge in [-0.25, -0.2) is 0 Å². The Balaban J connectivity index is 1.95. The van der Waals surface area contributed by atoms with E-state index in [0.29, 0.717) is 6.54 Å². The van der Waals surface area contributed by atoms with Gasteiger partial charge in [0.15, 0.2) is 0 Å². The van der Waals surface area contributed by atoms with E-state index in [4.69, 9.17) is 0 Å². The maximum absolute atomic E-state index is 10.2. The van der Waals surface area contributed by atoms with Gasteiger partial charge >= 0.3 is 0 Å². The van der Waals surface area contributed by atoms with E-state index in [1.165, 1.54) is 0 Å². The minimum Gasteiger partial charge on any atom is -0.508 e. The molecular formula is C16H19NO2. The van der Waals surface area contributed by atoms with Crippen molar-refractivity contribution in [1.82, 2.24) is 5.32 Å².